The highest BCUT2D eigenvalue weighted by molar-refractivity contribution is 6.49. The Morgan fingerprint density at radius 1 is 1.75 bits per heavy atom. The lowest BCUT2D eigenvalue weighted by Gasteiger charge is -2.07. The molecule has 0 fully saturated rings. The molecule has 8 heavy (non-hydrogen) atoms. The first kappa shape index (κ1) is 8.03. The highest BCUT2D eigenvalue weighted by atomic mass is 35.5. The maximum Gasteiger partial charge on any atom is 0.307 e. The van der Waals surface area contributed by atoms with Gasteiger partial charge in [-0.1, -0.05) is 23.2 Å². The summed E-state index contributed by atoms with van der Waals surface area (Å²) >= 11 is 10.4. The molecule has 0 aliphatic heterocycles. The average Bonchev–Trinajstić information content (AvgIpc) is 1.67. The quantitative estimate of drug-likeness (QED) is 0.566. The number of nitriles is 1. The van der Waals surface area contributed by atoms with Crippen molar-refractivity contribution in [2.45, 2.75) is 11.4 Å². The second-order valence-electron chi connectivity index (χ2n) is 1.06. The lowest BCUT2D eigenvalue weighted by molar-refractivity contribution is 0.126. The summed E-state index contributed by atoms with van der Waals surface area (Å²) in [4.78, 5) is 0. The number of ether oxygens (including phenoxy) is 1. The molecule has 0 aromatic carbocycles. The van der Waals surface area contributed by atoms with Crippen molar-refractivity contribution in [2.75, 3.05) is 6.61 Å². The molecular weight excluding hydrogens is 149 g/mol. The fourth-order valence-electron chi connectivity index (χ4n) is 0.214. The Labute approximate surface area is 57.9 Å². The Kier molecular flexibility index (Phi) is 3.15. The van der Waals surface area contributed by atoms with E-state index in [2.05, 4.69) is 4.74 Å². The molecule has 0 saturated heterocycles. The van der Waals surface area contributed by atoms with Crippen molar-refractivity contribution in [3.05, 3.63) is 0 Å². The molecule has 0 heterocycles. The molecule has 0 aliphatic rings. The van der Waals surface area contributed by atoms with Crippen molar-refractivity contribution in [2.24, 2.45) is 0 Å². The molecule has 0 amide bonds. The molecule has 46 valence electrons. The maximum atomic E-state index is 8.09. The van der Waals surface area contributed by atoms with E-state index in [1.165, 1.54) is 0 Å². The van der Waals surface area contributed by atoms with Crippen LogP contribution in [0.5, 0.6) is 0 Å². The second kappa shape index (κ2) is 3.13. The van der Waals surface area contributed by atoms with Gasteiger partial charge in [0.05, 0.1) is 0 Å². The van der Waals surface area contributed by atoms with Gasteiger partial charge in [0.15, 0.2) is 0 Å². The molecule has 0 unspecified atom stereocenters. The summed E-state index contributed by atoms with van der Waals surface area (Å²) < 4.78 is 2.89. The monoisotopic (exact) mass is 153 g/mol. The van der Waals surface area contributed by atoms with Crippen LogP contribution in [0.3, 0.4) is 0 Å². The van der Waals surface area contributed by atoms with Gasteiger partial charge in [0.25, 0.3) is 0 Å². The van der Waals surface area contributed by atoms with E-state index in [1.54, 1.807) is 13.0 Å². The van der Waals surface area contributed by atoms with Crippen LogP contribution in [0.15, 0.2) is 0 Å². The second-order valence-corrected chi connectivity index (χ2v) is 2.32. The van der Waals surface area contributed by atoms with Gasteiger partial charge in [-0.15, -0.1) is 0 Å². The number of halogens is 2. The first-order chi connectivity index (χ1) is 3.62. The van der Waals surface area contributed by atoms with E-state index >= 15 is 0 Å². The van der Waals surface area contributed by atoms with Gasteiger partial charge in [-0.05, 0) is 6.92 Å². The van der Waals surface area contributed by atoms with E-state index in [4.69, 9.17) is 28.5 Å². The molecule has 0 radical (unpaired) electrons. The summed E-state index contributed by atoms with van der Waals surface area (Å²) in [7, 11) is 0. The number of hydrogen-bond acceptors (Lipinski definition) is 2. The zero-order valence-electron chi connectivity index (χ0n) is 4.32. The summed E-state index contributed by atoms with van der Waals surface area (Å²) in [6.45, 7) is 2.04. The molecule has 0 aromatic heterocycles. The fraction of sp³-hybridized carbons (Fsp3) is 0.750. The third-order valence-electron chi connectivity index (χ3n) is 0.456. The summed E-state index contributed by atoms with van der Waals surface area (Å²) in [6, 6.07) is 1.55. The van der Waals surface area contributed by atoms with Crippen LogP contribution in [0.2, 0.25) is 0 Å². The maximum absolute atomic E-state index is 8.09. The highest BCUT2D eigenvalue weighted by Gasteiger charge is 2.22. The first-order valence-electron chi connectivity index (χ1n) is 2.05. The van der Waals surface area contributed by atoms with E-state index in [0.29, 0.717) is 6.61 Å². The van der Waals surface area contributed by atoms with Gasteiger partial charge in [-0.3, -0.25) is 0 Å². The zero-order chi connectivity index (χ0) is 6.62. The molecule has 4 heteroatoms. The largest absolute Gasteiger partial charge is 0.336 e. The molecule has 0 aliphatic carbocycles. The summed E-state index contributed by atoms with van der Waals surface area (Å²) in [5.41, 5.74) is 0. The molecule has 0 bridgehead atoms. The topological polar surface area (TPSA) is 33.0 Å². The standard InChI is InChI=1S/C4H5Cl2NO/c1-2-8-4(5,6)3-7/h2H2,1H3. The van der Waals surface area contributed by atoms with Crippen LogP contribution in [-0.2, 0) is 4.74 Å². The fourth-order valence-corrected chi connectivity index (χ4v) is 0.432. The van der Waals surface area contributed by atoms with E-state index in [9.17, 15) is 0 Å². The average molecular weight is 154 g/mol. The smallest absolute Gasteiger partial charge is 0.307 e. The van der Waals surface area contributed by atoms with Gasteiger partial charge in [-0.2, -0.15) is 5.26 Å². The van der Waals surface area contributed by atoms with Crippen LogP contribution in [0.4, 0.5) is 0 Å². The van der Waals surface area contributed by atoms with Crippen molar-refractivity contribution >= 4 is 23.2 Å². The van der Waals surface area contributed by atoms with Crippen LogP contribution in [0.25, 0.3) is 0 Å². The third kappa shape index (κ3) is 3.09. The Morgan fingerprint density at radius 2 is 2.25 bits per heavy atom. The van der Waals surface area contributed by atoms with Crippen molar-refractivity contribution < 1.29 is 4.74 Å². The predicted molar refractivity (Wildman–Crippen MR) is 31.7 cm³/mol. The molecule has 0 saturated carbocycles. The minimum Gasteiger partial charge on any atom is -0.336 e. The van der Waals surface area contributed by atoms with E-state index in [0.717, 1.165) is 0 Å². The van der Waals surface area contributed by atoms with Crippen molar-refractivity contribution in [3.63, 3.8) is 0 Å². The van der Waals surface area contributed by atoms with Crippen LogP contribution < -0.4 is 0 Å². The van der Waals surface area contributed by atoms with Crippen LogP contribution in [-0.4, -0.2) is 11.1 Å². The van der Waals surface area contributed by atoms with Crippen LogP contribution in [0.1, 0.15) is 6.92 Å². The molecule has 2 nitrogen and oxygen atoms in total. The Hall–Kier alpha value is 0.0300. The van der Waals surface area contributed by atoms with Crippen molar-refractivity contribution in [1.82, 2.24) is 0 Å². The minimum absolute atomic E-state index is 0.334. The highest BCUT2D eigenvalue weighted by Crippen LogP contribution is 2.20. The Bertz CT molecular complexity index is 107. The SMILES string of the molecule is CCOC(Cl)(Cl)C#N. The van der Waals surface area contributed by atoms with E-state index in [-0.39, 0.29) is 0 Å². The molecule has 0 rings (SSSR count). The Balaban J connectivity index is 3.59. The molecule has 0 spiro atoms. The predicted octanol–water partition coefficient (Wildman–Crippen LogP) is 1.68. The number of alkyl halides is 2. The number of rotatable bonds is 2. The lowest BCUT2D eigenvalue weighted by atomic mass is 10.7. The zero-order valence-corrected chi connectivity index (χ0v) is 5.83. The lowest BCUT2D eigenvalue weighted by Crippen LogP contribution is -2.13. The van der Waals surface area contributed by atoms with Crippen molar-refractivity contribution in [1.29, 1.82) is 5.26 Å². The van der Waals surface area contributed by atoms with Gasteiger partial charge >= 0.3 is 4.52 Å². The van der Waals surface area contributed by atoms with Gasteiger partial charge in [-0.25, -0.2) is 0 Å². The molecule has 0 aromatic rings. The van der Waals surface area contributed by atoms with Gasteiger partial charge in [0, 0.05) is 6.61 Å². The molecular formula is C4H5Cl2NO. The van der Waals surface area contributed by atoms with E-state index < -0.39 is 4.52 Å². The molecule has 0 atom stereocenters. The van der Waals surface area contributed by atoms with Crippen LogP contribution >= 0.6 is 23.2 Å². The van der Waals surface area contributed by atoms with Gasteiger partial charge < -0.3 is 4.74 Å². The normalized spacial score (nSPS) is 10.8. The van der Waals surface area contributed by atoms with Gasteiger partial charge in [0.1, 0.15) is 6.07 Å². The summed E-state index contributed by atoms with van der Waals surface area (Å²) in [5.74, 6) is 0. The molecule has 0 N–H and O–H groups in total. The van der Waals surface area contributed by atoms with E-state index in [1.807, 2.05) is 0 Å². The first-order valence-corrected chi connectivity index (χ1v) is 2.81. The van der Waals surface area contributed by atoms with Crippen molar-refractivity contribution in [3.8, 4) is 6.07 Å². The summed E-state index contributed by atoms with van der Waals surface area (Å²) in [5, 5.41) is 8.09. The third-order valence-corrected chi connectivity index (χ3v) is 0.843. The number of nitrogens with zero attached hydrogens (tertiary/aromatic N) is 1. The van der Waals surface area contributed by atoms with Gasteiger partial charge in [0.2, 0.25) is 0 Å². The minimum atomic E-state index is -1.66. The number of hydrogen-bond donors (Lipinski definition) is 0. The summed E-state index contributed by atoms with van der Waals surface area (Å²) in [6.07, 6.45) is 0. The van der Waals surface area contributed by atoms with Crippen LogP contribution in [0, 0.1) is 11.3 Å². The Morgan fingerprint density at radius 3 is 2.38 bits per heavy atom.